The maximum Gasteiger partial charge on any atom is 0.337 e. The van der Waals surface area contributed by atoms with Crippen molar-refractivity contribution < 1.29 is 23.5 Å². The first kappa shape index (κ1) is 17.7. The second-order valence-electron chi connectivity index (χ2n) is 6.27. The summed E-state index contributed by atoms with van der Waals surface area (Å²) < 4.78 is 9.94. The van der Waals surface area contributed by atoms with Gasteiger partial charge >= 0.3 is 5.97 Å². The molecule has 1 aliphatic heterocycles. The van der Waals surface area contributed by atoms with Gasteiger partial charge in [-0.25, -0.2) is 4.79 Å². The number of carbonyl (C=O) groups excluding carboxylic acids is 3. The lowest BCUT2D eigenvalue weighted by Crippen LogP contribution is -2.28. The van der Waals surface area contributed by atoms with Crippen LogP contribution in [0, 0.1) is 12.8 Å². The highest BCUT2D eigenvalue weighted by atomic mass is 16.5. The highest BCUT2D eigenvalue weighted by molar-refractivity contribution is 5.98. The van der Waals surface area contributed by atoms with Crippen LogP contribution in [-0.2, 0) is 20.9 Å². The summed E-state index contributed by atoms with van der Waals surface area (Å²) in [7, 11) is 1.32. The summed E-state index contributed by atoms with van der Waals surface area (Å²) in [6.07, 6.45) is 1.73. The average molecular weight is 356 g/mol. The number of nitrogens with zero attached hydrogens (tertiary/aromatic N) is 1. The van der Waals surface area contributed by atoms with E-state index in [0.29, 0.717) is 30.1 Å². The van der Waals surface area contributed by atoms with Gasteiger partial charge in [0, 0.05) is 18.7 Å². The SMILES string of the molecule is COC(=O)c1ccc(NC(=O)C2CC(=O)N(Cc3ccco3)C2)c(C)c1. The first-order chi connectivity index (χ1) is 12.5. The van der Waals surface area contributed by atoms with Crippen molar-refractivity contribution in [3.8, 4) is 0 Å². The molecule has 26 heavy (non-hydrogen) atoms. The minimum Gasteiger partial charge on any atom is -0.467 e. The van der Waals surface area contributed by atoms with E-state index in [0.717, 1.165) is 5.56 Å². The summed E-state index contributed by atoms with van der Waals surface area (Å²) in [6.45, 7) is 2.51. The minimum absolute atomic E-state index is 0.0701. The quantitative estimate of drug-likeness (QED) is 0.831. The van der Waals surface area contributed by atoms with Crippen molar-refractivity contribution >= 4 is 23.5 Å². The molecule has 7 nitrogen and oxygen atoms in total. The fraction of sp³-hybridized carbons (Fsp3) is 0.316. The molecule has 0 radical (unpaired) electrons. The summed E-state index contributed by atoms with van der Waals surface area (Å²) >= 11 is 0. The molecule has 3 rings (SSSR count). The minimum atomic E-state index is -0.430. The lowest BCUT2D eigenvalue weighted by Gasteiger charge is -2.15. The number of methoxy groups -OCH3 is 1. The summed E-state index contributed by atoms with van der Waals surface area (Å²) in [5, 5.41) is 2.84. The number of esters is 1. The molecule has 0 aliphatic carbocycles. The van der Waals surface area contributed by atoms with Gasteiger partial charge in [0.1, 0.15) is 5.76 Å². The van der Waals surface area contributed by atoms with Crippen molar-refractivity contribution in [2.24, 2.45) is 5.92 Å². The maximum atomic E-state index is 12.5. The Kier molecular flexibility index (Phi) is 5.06. The van der Waals surface area contributed by atoms with Gasteiger partial charge in [-0.3, -0.25) is 9.59 Å². The number of anilines is 1. The fourth-order valence-electron chi connectivity index (χ4n) is 2.97. The number of carbonyl (C=O) groups is 3. The van der Waals surface area contributed by atoms with E-state index in [1.165, 1.54) is 7.11 Å². The third kappa shape index (κ3) is 3.77. The Balaban J connectivity index is 1.63. The van der Waals surface area contributed by atoms with Crippen molar-refractivity contribution in [2.75, 3.05) is 19.0 Å². The first-order valence-corrected chi connectivity index (χ1v) is 8.28. The topological polar surface area (TPSA) is 88.8 Å². The molecular formula is C19H20N2O5. The van der Waals surface area contributed by atoms with Gasteiger partial charge in [-0.15, -0.1) is 0 Å². The number of ether oxygens (including phenoxy) is 1. The van der Waals surface area contributed by atoms with Crippen molar-refractivity contribution in [2.45, 2.75) is 19.9 Å². The number of aryl methyl sites for hydroxylation is 1. The largest absolute Gasteiger partial charge is 0.467 e. The van der Waals surface area contributed by atoms with Crippen LogP contribution in [0.1, 0.15) is 28.1 Å². The smallest absolute Gasteiger partial charge is 0.337 e. The van der Waals surface area contributed by atoms with Crippen molar-refractivity contribution in [3.05, 3.63) is 53.5 Å². The van der Waals surface area contributed by atoms with E-state index in [9.17, 15) is 14.4 Å². The fourth-order valence-corrected chi connectivity index (χ4v) is 2.97. The van der Waals surface area contributed by atoms with Gasteiger partial charge in [0.15, 0.2) is 0 Å². The number of rotatable bonds is 5. The number of hydrogen-bond donors (Lipinski definition) is 1. The van der Waals surface area contributed by atoms with Crippen LogP contribution >= 0.6 is 0 Å². The molecule has 1 atom stereocenters. The lowest BCUT2D eigenvalue weighted by molar-refractivity contribution is -0.128. The first-order valence-electron chi connectivity index (χ1n) is 8.28. The second-order valence-corrected chi connectivity index (χ2v) is 6.27. The predicted octanol–water partition coefficient (Wildman–Crippen LogP) is 2.36. The predicted molar refractivity (Wildman–Crippen MR) is 93.4 cm³/mol. The van der Waals surface area contributed by atoms with Gasteiger partial charge in [-0.05, 0) is 42.8 Å². The van der Waals surface area contributed by atoms with Gasteiger partial charge in [0.25, 0.3) is 0 Å². The molecule has 0 saturated carbocycles. The van der Waals surface area contributed by atoms with Crippen LogP contribution in [0.2, 0.25) is 0 Å². The maximum absolute atomic E-state index is 12.5. The molecule has 1 aliphatic rings. The van der Waals surface area contributed by atoms with E-state index in [4.69, 9.17) is 4.42 Å². The van der Waals surface area contributed by atoms with E-state index >= 15 is 0 Å². The van der Waals surface area contributed by atoms with Crippen LogP contribution in [-0.4, -0.2) is 36.3 Å². The Morgan fingerprint density at radius 1 is 1.35 bits per heavy atom. The van der Waals surface area contributed by atoms with Crippen LogP contribution in [0.15, 0.2) is 41.0 Å². The van der Waals surface area contributed by atoms with Crippen LogP contribution in [0.4, 0.5) is 5.69 Å². The zero-order valence-corrected chi connectivity index (χ0v) is 14.7. The van der Waals surface area contributed by atoms with Crippen molar-refractivity contribution in [3.63, 3.8) is 0 Å². The van der Waals surface area contributed by atoms with Crippen LogP contribution in [0.25, 0.3) is 0 Å². The second kappa shape index (κ2) is 7.43. The van der Waals surface area contributed by atoms with Crippen LogP contribution < -0.4 is 5.32 Å². The number of furan rings is 1. The van der Waals surface area contributed by atoms with E-state index in [1.807, 2.05) is 0 Å². The van der Waals surface area contributed by atoms with Crippen LogP contribution in [0.5, 0.6) is 0 Å². The zero-order chi connectivity index (χ0) is 18.7. The van der Waals surface area contributed by atoms with Crippen molar-refractivity contribution in [1.82, 2.24) is 4.90 Å². The van der Waals surface area contributed by atoms with Gasteiger partial charge in [-0.1, -0.05) is 0 Å². The molecule has 7 heteroatoms. The molecule has 1 aromatic carbocycles. The van der Waals surface area contributed by atoms with Crippen molar-refractivity contribution in [1.29, 1.82) is 0 Å². The highest BCUT2D eigenvalue weighted by Crippen LogP contribution is 2.23. The molecule has 2 amide bonds. The summed E-state index contributed by atoms with van der Waals surface area (Å²) in [4.78, 5) is 37.8. The van der Waals surface area contributed by atoms with Gasteiger partial charge in [0.05, 0.1) is 31.4 Å². The summed E-state index contributed by atoms with van der Waals surface area (Å²) in [5.41, 5.74) is 1.78. The number of amides is 2. The molecule has 1 aromatic heterocycles. The number of hydrogen-bond acceptors (Lipinski definition) is 5. The monoisotopic (exact) mass is 356 g/mol. The Morgan fingerprint density at radius 2 is 2.15 bits per heavy atom. The molecule has 2 aromatic rings. The highest BCUT2D eigenvalue weighted by Gasteiger charge is 2.34. The molecule has 1 unspecified atom stereocenters. The standard InChI is InChI=1S/C19H20N2O5/c1-12-8-13(19(24)25-2)5-6-16(12)20-18(23)14-9-17(22)21(10-14)11-15-4-3-7-26-15/h3-8,14H,9-11H2,1-2H3,(H,20,23). The molecule has 0 bridgehead atoms. The van der Waals surface area contributed by atoms with Gasteiger partial charge < -0.3 is 19.4 Å². The Labute approximate surface area is 150 Å². The van der Waals surface area contributed by atoms with Crippen LogP contribution in [0.3, 0.4) is 0 Å². The number of nitrogens with one attached hydrogen (secondary N) is 1. The zero-order valence-electron chi connectivity index (χ0n) is 14.7. The van der Waals surface area contributed by atoms with E-state index in [2.05, 4.69) is 10.1 Å². The summed E-state index contributed by atoms with van der Waals surface area (Å²) in [5.74, 6) is -0.444. The third-order valence-corrected chi connectivity index (χ3v) is 4.42. The summed E-state index contributed by atoms with van der Waals surface area (Å²) in [6, 6.07) is 8.48. The van der Waals surface area contributed by atoms with E-state index in [1.54, 1.807) is 48.4 Å². The Bertz CT molecular complexity index is 828. The molecule has 1 N–H and O–H groups in total. The normalized spacial score (nSPS) is 16.6. The lowest BCUT2D eigenvalue weighted by atomic mass is 10.1. The van der Waals surface area contributed by atoms with Gasteiger partial charge in [-0.2, -0.15) is 0 Å². The number of benzene rings is 1. The Morgan fingerprint density at radius 3 is 2.81 bits per heavy atom. The Hall–Kier alpha value is -3.09. The third-order valence-electron chi connectivity index (χ3n) is 4.42. The molecule has 1 fully saturated rings. The molecule has 0 spiro atoms. The van der Waals surface area contributed by atoms with Gasteiger partial charge in [0.2, 0.25) is 11.8 Å². The van der Waals surface area contributed by atoms with E-state index < -0.39 is 11.9 Å². The molecule has 136 valence electrons. The number of likely N-dealkylation sites (tertiary alicyclic amines) is 1. The molecule has 1 saturated heterocycles. The molecule has 2 heterocycles. The average Bonchev–Trinajstić information content (AvgIpc) is 3.26. The molecular weight excluding hydrogens is 336 g/mol. The van der Waals surface area contributed by atoms with E-state index in [-0.39, 0.29) is 18.2 Å².